The van der Waals surface area contributed by atoms with Crippen molar-refractivity contribution in [2.24, 2.45) is 0 Å². The summed E-state index contributed by atoms with van der Waals surface area (Å²) < 4.78 is 30.8. The summed E-state index contributed by atoms with van der Waals surface area (Å²) in [6, 6.07) is 22.1. The summed E-state index contributed by atoms with van der Waals surface area (Å²) in [5.74, 6) is 0. The number of halogens is 2. The zero-order valence-corrected chi connectivity index (χ0v) is 21.0. The molecule has 3 rings (SSSR count). The van der Waals surface area contributed by atoms with E-state index < -0.39 is 17.4 Å². The van der Waals surface area contributed by atoms with E-state index in [1.165, 1.54) is 12.3 Å². The Hall–Kier alpha value is -1.70. The van der Waals surface area contributed by atoms with Crippen molar-refractivity contribution in [2.75, 3.05) is 6.61 Å². The van der Waals surface area contributed by atoms with Crippen molar-refractivity contribution in [1.82, 2.24) is 4.98 Å². The van der Waals surface area contributed by atoms with Gasteiger partial charge in [0, 0.05) is 23.5 Å². The predicted octanol–water partition coefficient (Wildman–Crippen LogP) is 4.78. The van der Waals surface area contributed by atoms with Gasteiger partial charge >= 0.3 is 0 Å². The highest BCUT2D eigenvalue weighted by molar-refractivity contribution is 8.13. The van der Waals surface area contributed by atoms with Crippen molar-refractivity contribution in [3.63, 3.8) is 0 Å². The molecule has 164 valence electrons. The molecule has 0 saturated heterocycles. The van der Waals surface area contributed by atoms with Gasteiger partial charge in [0.2, 0.25) is 0 Å². The summed E-state index contributed by atoms with van der Waals surface area (Å²) in [4.78, 5) is 3.83. The number of benzene rings is 2. The lowest BCUT2D eigenvalue weighted by molar-refractivity contribution is 0.301. The van der Waals surface area contributed by atoms with Gasteiger partial charge in [0.15, 0.2) is 0 Å². The maximum Gasteiger partial charge on any atom is 0.263 e. The van der Waals surface area contributed by atoms with Gasteiger partial charge in [-0.2, -0.15) is 0 Å². The molecule has 0 aliphatic carbocycles. The molecule has 1 heterocycles. The molecule has 0 saturated carbocycles. The fourth-order valence-corrected chi connectivity index (χ4v) is 9.76. The van der Waals surface area contributed by atoms with Crippen molar-refractivity contribution in [3.05, 3.63) is 83.6 Å². The Balaban J connectivity index is 2.03. The zero-order chi connectivity index (χ0) is 22.7. The van der Waals surface area contributed by atoms with E-state index in [2.05, 4.69) is 50.0 Å². The summed E-state index contributed by atoms with van der Waals surface area (Å²) in [6.45, 7) is 6.89. The SMILES string of the molecule is CC(C)(C)[Si](OCCc1cc(Cl)ncc1S(=O)(=O)Cl)(c1ccccc1)c1ccccc1. The van der Waals surface area contributed by atoms with Gasteiger partial charge in [0.05, 0.1) is 0 Å². The molecular formula is C23H25Cl2NO3SSi. The zero-order valence-electron chi connectivity index (χ0n) is 17.7. The van der Waals surface area contributed by atoms with Crippen molar-refractivity contribution in [2.45, 2.75) is 37.1 Å². The Labute approximate surface area is 194 Å². The molecule has 1 aromatic heterocycles. The molecule has 3 aromatic rings. The molecule has 0 spiro atoms. The van der Waals surface area contributed by atoms with Crippen LogP contribution in [0.3, 0.4) is 0 Å². The Kier molecular flexibility index (Phi) is 7.28. The highest BCUT2D eigenvalue weighted by Gasteiger charge is 2.50. The molecule has 0 unspecified atom stereocenters. The Morgan fingerprint density at radius 2 is 1.48 bits per heavy atom. The monoisotopic (exact) mass is 493 g/mol. The van der Waals surface area contributed by atoms with Gasteiger partial charge in [0.25, 0.3) is 17.4 Å². The normalized spacial score (nSPS) is 12.7. The fraction of sp³-hybridized carbons (Fsp3) is 0.261. The lowest BCUT2D eigenvalue weighted by Crippen LogP contribution is -2.66. The van der Waals surface area contributed by atoms with Crippen LogP contribution in [-0.2, 0) is 19.9 Å². The average Bonchev–Trinajstić information content (AvgIpc) is 2.71. The number of hydrogen-bond donors (Lipinski definition) is 0. The standard InChI is InChI=1S/C23H25Cl2NO3SSi/c1-23(2,3)31(19-10-6-4-7-11-19,20-12-8-5-9-13-20)29-15-14-18-16-22(24)26-17-21(18)30(25,27)28/h4-13,16-17H,14-15H2,1-3H3. The van der Waals surface area contributed by atoms with Crippen LogP contribution in [0.2, 0.25) is 10.2 Å². The van der Waals surface area contributed by atoms with Crippen molar-refractivity contribution in [3.8, 4) is 0 Å². The molecular weight excluding hydrogens is 469 g/mol. The molecule has 4 nitrogen and oxygen atoms in total. The minimum absolute atomic E-state index is 0.0374. The van der Waals surface area contributed by atoms with Crippen LogP contribution in [0.1, 0.15) is 26.3 Å². The highest BCUT2D eigenvalue weighted by Crippen LogP contribution is 2.37. The van der Waals surface area contributed by atoms with Gasteiger partial charge in [-0.1, -0.05) is 93.0 Å². The molecule has 0 atom stereocenters. The number of hydrogen-bond acceptors (Lipinski definition) is 4. The van der Waals surface area contributed by atoms with Gasteiger partial charge in [-0.15, -0.1) is 0 Å². The number of rotatable bonds is 7. The highest BCUT2D eigenvalue weighted by atomic mass is 35.7. The van der Waals surface area contributed by atoms with Gasteiger partial charge in [-0.05, 0) is 33.5 Å². The topological polar surface area (TPSA) is 56.3 Å². The van der Waals surface area contributed by atoms with Gasteiger partial charge < -0.3 is 4.43 Å². The molecule has 0 fully saturated rings. The third-order valence-electron chi connectivity index (χ3n) is 5.28. The van der Waals surface area contributed by atoms with Crippen LogP contribution < -0.4 is 10.4 Å². The predicted molar refractivity (Wildman–Crippen MR) is 130 cm³/mol. The summed E-state index contributed by atoms with van der Waals surface area (Å²) in [6.07, 6.45) is 1.54. The quantitative estimate of drug-likeness (QED) is 0.270. The van der Waals surface area contributed by atoms with E-state index in [9.17, 15) is 8.42 Å². The van der Waals surface area contributed by atoms with E-state index in [1.54, 1.807) is 0 Å². The molecule has 0 aliphatic rings. The van der Waals surface area contributed by atoms with Crippen molar-refractivity contribution < 1.29 is 12.8 Å². The van der Waals surface area contributed by atoms with Crippen molar-refractivity contribution in [1.29, 1.82) is 0 Å². The molecule has 0 amide bonds. The summed E-state index contributed by atoms with van der Waals surface area (Å²) in [5.41, 5.74) is 0.493. The van der Waals surface area contributed by atoms with Crippen LogP contribution in [0.25, 0.3) is 0 Å². The van der Waals surface area contributed by atoms with Crippen LogP contribution in [0, 0.1) is 0 Å². The van der Waals surface area contributed by atoms with Crippen LogP contribution >= 0.6 is 22.3 Å². The number of nitrogens with zero attached hydrogens (tertiary/aromatic N) is 1. The van der Waals surface area contributed by atoms with E-state index >= 15 is 0 Å². The Morgan fingerprint density at radius 1 is 0.968 bits per heavy atom. The Bertz CT molecular complexity index is 1090. The van der Waals surface area contributed by atoms with Crippen LogP contribution in [-0.4, -0.2) is 28.3 Å². The maximum absolute atomic E-state index is 12.0. The third-order valence-corrected chi connectivity index (χ3v) is 11.9. The third kappa shape index (κ3) is 5.21. The first-order valence-corrected chi connectivity index (χ1v) is 14.5. The molecule has 0 bridgehead atoms. The number of aromatic nitrogens is 1. The molecule has 8 heteroatoms. The molecule has 0 radical (unpaired) electrons. The lowest BCUT2D eigenvalue weighted by atomic mass is 10.2. The largest absolute Gasteiger partial charge is 0.407 e. The lowest BCUT2D eigenvalue weighted by Gasteiger charge is -2.43. The van der Waals surface area contributed by atoms with E-state index in [0.29, 0.717) is 18.6 Å². The van der Waals surface area contributed by atoms with Gasteiger partial charge in [-0.3, -0.25) is 0 Å². The second-order valence-corrected chi connectivity index (χ2v) is 15.5. The van der Waals surface area contributed by atoms with Crippen molar-refractivity contribution >= 4 is 50.0 Å². The summed E-state index contributed by atoms with van der Waals surface area (Å²) >= 11 is 6.02. The first-order valence-electron chi connectivity index (χ1n) is 9.90. The van der Waals surface area contributed by atoms with Crippen LogP contribution in [0.15, 0.2) is 77.8 Å². The molecule has 0 aliphatic heterocycles. The fourth-order valence-electron chi connectivity index (χ4n) is 3.95. The van der Waals surface area contributed by atoms with E-state index in [4.69, 9.17) is 26.7 Å². The maximum atomic E-state index is 12.0. The minimum Gasteiger partial charge on any atom is -0.407 e. The Morgan fingerprint density at radius 3 is 1.94 bits per heavy atom. The summed E-state index contributed by atoms with van der Waals surface area (Å²) in [5, 5.41) is 2.36. The second kappa shape index (κ2) is 9.43. The summed E-state index contributed by atoms with van der Waals surface area (Å²) in [7, 11) is -1.05. The van der Waals surface area contributed by atoms with Gasteiger partial charge in [-0.25, -0.2) is 13.4 Å². The van der Waals surface area contributed by atoms with Crippen LogP contribution in [0.4, 0.5) is 0 Å². The molecule has 2 aromatic carbocycles. The average molecular weight is 495 g/mol. The molecule has 0 N–H and O–H groups in total. The van der Waals surface area contributed by atoms with Crippen LogP contribution in [0.5, 0.6) is 0 Å². The first-order chi connectivity index (χ1) is 14.6. The minimum atomic E-state index is -3.94. The second-order valence-electron chi connectivity index (χ2n) is 8.31. The van der Waals surface area contributed by atoms with E-state index in [1.807, 2.05) is 36.4 Å². The van der Waals surface area contributed by atoms with E-state index in [0.717, 1.165) is 10.4 Å². The van der Waals surface area contributed by atoms with Gasteiger partial charge in [0.1, 0.15) is 10.0 Å². The smallest absolute Gasteiger partial charge is 0.263 e. The number of pyridine rings is 1. The van der Waals surface area contributed by atoms with E-state index in [-0.39, 0.29) is 15.1 Å². The first kappa shape index (κ1) is 23.9. The molecule has 31 heavy (non-hydrogen) atoms.